The molecule has 1 heterocycles. The van der Waals surface area contributed by atoms with Crippen LogP contribution in [-0.2, 0) is 11.3 Å². The van der Waals surface area contributed by atoms with E-state index < -0.39 is 0 Å². The minimum Gasteiger partial charge on any atom is -0.385 e. The average molecular weight is 375 g/mol. The Hall–Kier alpha value is -2.27. The summed E-state index contributed by atoms with van der Waals surface area (Å²) in [6.45, 7) is 6.26. The third-order valence-electron chi connectivity index (χ3n) is 3.99. The molecule has 26 heavy (non-hydrogen) atoms. The summed E-state index contributed by atoms with van der Waals surface area (Å²) in [5.74, 6) is -0.124. The van der Waals surface area contributed by atoms with Crippen molar-refractivity contribution >= 4 is 29.3 Å². The van der Waals surface area contributed by atoms with Crippen LogP contribution in [0.15, 0.2) is 36.4 Å². The van der Waals surface area contributed by atoms with Gasteiger partial charge in [0.25, 0.3) is 0 Å². The molecule has 0 unspecified atom stereocenters. The summed E-state index contributed by atoms with van der Waals surface area (Å²) in [4.78, 5) is 12.0. The Balaban J connectivity index is 1.74. The van der Waals surface area contributed by atoms with Crippen molar-refractivity contribution in [2.45, 2.75) is 39.7 Å². The van der Waals surface area contributed by atoms with E-state index in [1.54, 1.807) is 10.8 Å². The first-order valence-corrected chi connectivity index (χ1v) is 9.47. The van der Waals surface area contributed by atoms with Gasteiger partial charge in [0.1, 0.15) is 5.15 Å². The average Bonchev–Trinajstić information content (AvgIpc) is 2.92. The summed E-state index contributed by atoms with van der Waals surface area (Å²) < 4.78 is 1.80. The fourth-order valence-corrected chi connectivity index (χ4v) is 2.84. The number of benzene rings is 1. The Labute approximate surface area is 160 Å². The van der Waals surface area contributed by atoms with Crippen molar-refractivity contribution in [3.63, 3.8) is 0 Å². The number of carbonyl (C=O) groups is 1. The van der Waals surface area contributed by atoms with Crippen molar-refractivity contribution in [2.24, 2.45) is 0 Å². The third kappa shape index (κ3) is 6.23. The fourth-order valence-electron chi connectivity index (χ4n) is 2.52. The molecule has 1 aromatic carbocycles. The van der Waals surface area contributed by atoms with E-state index in [2.05, 4.69) is 22.7 Å². The minimum absolute atomic E-state index is 0.124. The molecule has 1 aromatic heterocycles. The standard InChI is InChI=1S/C20H27ClN4O/c1-3-4-15-25-20(21)18(16(2)24-25)11-12-19(26)23-14-8-13-22-17-9-6-5-7-10-17/h5-7,9-12,22H,3-4,8,13-15H2,1-2H3,(H,23,26). The molecule has 1 amide bonds. The normalized spacial score (nSPS) is 11.0. The molecular weight excluding hydrogens is 348 g/mol. The molecule has 0 aliphatic carbocycles. The highest BCUT2D eigenvalue weighted by atomic mass is 35.5. The lowest BCUT2D eigenvalue weighted by molar-refractivity contribution is -0.116. The molecule has 0 aliphatic heterocycles. The second kappa shape index (κ2) is 10.7. The number of amides is 1. The molecular formula is C20H27ClN4O. The van der Waals surface area contributed by atoms with E-state index in [1.165, 1.54) is 6.08 Å². The maximum Gasteiger partial charge on any atom is 0.244 e. The van der Waals surface area contributed by atoms with Crippen LogP contribution in [0.2, 0.25) is 5.15 Å². The van der Waals surface area contributed by atoms with Gasteiger partial charge in [0.15, 0.2) is 0 Å². The predicted molar refractivity (Wildman–Crippen MR) is 108 cm³/mol. The quantitative estimate of drug-likeness (QED) is 0.482. The highest BCUT2D eigenvalue weighted by Crippen LogP contribution is 2.21. The van der Waals surface area contributed by atoms with Gasteiger partial charge in [0, 0.05) is 37.0 Å². The Bertz CT molecular complexity index is 725. The van der Waals surface area contributed by atoms with Crippen molar-refractivity contribution < 1.29 is 4.79 Å². The van der Waals surface area contributed by atoms with Crippen LogP contribution in [0.4, 0.5) is 5.69 Å². The van der Waals surface area contributed by atoms with E-state index in [4.69, 9.17) is 11.6 Å². The van der Waals surface area contributed by atoms with Gasteiger partial charge in [-0.2, -0.15) is 5.10 Å². The first kappa shape index (κ1) is 20.0. The van der Waals surface area contributed by atoms with Crippen molar-refractivity contribution in [3.8, 4) is 0 Å². The number of unbranched alkanes of at least 4 members (excludes halogenated alkanes) is 1. The number of hydrogen-bond acceptors (Lipinski definition) is 3. The minimum atomic E-state index is -0.124. The van der Waals surface area contributed by atoms with Gasteiger partial charge in [-0.1, -0.05) is 43.1 Å². The van der Waals surface area contributed by atoms with Gasteiger partial charge in [-0.15, -0.1) is 0 Å². The van der Waals surface area contributed by atoms with Gasteiger partial charge in [0.2, 0.25) is 5.91 Å². The molecule has 0 bridgehead atoms. The second-order valence-corrected chi connectivity index (χ2v) is 6.50. The lowest BCUT2D eigenvalue weighted by atomic mass is 10.2. The Morgan fingerprint density at radius 1 is 1.23 bits per heavy atom. The number of aryl methyl sites for hydroxylation is 2. The first-order valence-electron chi connectivity index (χ1n) is 9.09. The van der Waals surface area contributed by atoms with Gasteiger partial charge in [0.05, 0.1) is 5.69 Å². The monoisotopic (exact) mass is 374 g/mol. The van der Waals surface area contributed by atoms with Gasteiger partial charge < -0.3 is 10.6 Å². The lowest BCUT2D eigenvalue weighted by Gasteiger charge is -2.06. The zero-order chi connectivity index (χ0) is 18.8. The van der Waals surface area contributed by atoms with E-state index >= 15 is 0 Å². The number of halogens is 1. The highest BCUT2D eigenvalue weighted by Gasteiger charge is 2.10. The smallest absolute Gasteiger partial charge is 0.244 e. The summed E-state index contributed by atoms with van der Waals surface area (Å²) in [7, 11) is 0. The van der Waals surface area contributed by atoms with Crippen LogP contribution in [0.25, 0.3) is 6.08 Å². The van der Waals surface area contributed by atoms with Crippen LogP contribution in [0.3, 0.4) is 0 Å². The number of nitrogens with one attached hydrogen (secondary N) is 2. The zero-order valence-electron chi connectivity index (χ0n) is 15.5. The number of hydrogen-bond donors (Lipinski definition) is 2. The number of carbonyl (C=O) groups excluding carboxylic acids is 1. The van der Waals surface area contributed by atoms with Crippen LogP contribution in [0.5, 0.6) is 0 Å². The lowest BCUT2D eigenvalue weighted by Crippen LogP contribution is -2.23. The third-order valence-corrected chi connectivity index (χ3v) is 4.39. The van der Waals surface area contributed by atoms with Crippen LogP contribution in [0.1, 0.15) is 37.4 Å². The van der Waals surface area contributed by atoms with Gasteiger partial charge in [-0.25, -0.2) is 0 Å². The Kier molecular flexibility index (Phi) is 8.22. The topological polar surface area (TPSA) is 59.0 Å². The number of aromatic nitrogens is 2. The first-order chi connectivity index (χ1) is 12.6. The van der Waals surface area contributed by atoms with Crippen molar-refractivity contribution in [1.29, 1.82) is 0 Å². The molecule has 0 aliphatic rings. The maximum absolute atomic E-state index is 12.0. The number of nitrogens with zero attached hydrogens (tertiary/aromatic N) is 2. The number of rotatable bonds is 10. The van der Waals surface area contributed by atoms with E-state index in [-0.39, 0.29) is 5.91 Å². The SMILES string of the molecule is CCCCn1nc(C)c(C=CC(=O)NCCCNc2ccccc2)c1Cl. The molecule has 0 spiro atoms. The Morgan fingerprint density at radius 3 is 2.73 bits per heavy atom. The molecule has 2 rings (SSSR count). The molecule has 2 aromatic rings. The summed E-state index contributed by atoms with van der Waals surface area (Å²) in [6, 6.07) is 10.0. The number of anilines is 1. The largest absolute Gasteiger partial charge is 0.385 e. The summed E-state index contributed by atoms with van der Waals surface area (Å²) in [5.41, 5.74) is 2.73. The van der Waals surface area contributed by atoms with Gasteiger partial charge in [-0.3, -0.25) is 9.48 Å². The maximum atomic E-state index is 12.0. The molecule has 140 valence electrons. The van der Waals surface area contributed by atoms with Crippen LogP contribution < -0.4 is 10.6 Å². The van der Waals surface area contributed by atoms with Crippen LogP contribution in [-0.4, -0.2) is 28.8 Å². The molecule has 2 N–H and O–H groups in total. The molecule has 0 radical (unpaired) electrons. The highest BCUT2D eigenvalue weighted by molar-refractivity contribution is 6.31. The fraction of sp³-hybridized carbons (Fsp3) is 0.400. The second-order valence-electron chi connectivity index (χ2n) is 6.14. The molecule has 0 saturated carbocycles. The molecule has 5 nitrogen and oxygen atoms in total. The Morgan fingerprint density at radius 2 is 2.00 bits per heavy atom. The summed E-state index contributed by atoms with van der Waals surface area (Å²) >= 11 is 6.36. The van der Waals surface area contributed by atoms with Crippen LogP contribution in [0, 0.1) is 6.92 Å². The van der Waals surface area contributed by atoms with Crippen molar-refractivity contribution in [3.05, 3.63) is 52.8 Å². The summed E-state index contributed by atoms with van der Waals surface area (Å²) in [6.07, 6.45) is 6.22. The zero-order valence-corrected chi connectivity index (χ0v) is 16.2. The predicted octanol–water partition coefficient (Wildman–Crippen LogP) is 4.28. The number of para-hydroxylation sites is 1. The van der Waals surface area contributed by atoms with E-state index in [0.29, 0.717) is 11.7 Å². The molecule has 6 heteroatoms. The molecule has 0 fully saturated rings. The van der Waals surface area contributed by atoms with Crippen molar-refractivity contribution in [1.82, 2.24) is 15.1 Å². The molecule has 0 atom stereocenters. The van der Waals surface area contributed by atoms with Crippen LogP contribution >= 0.6 is 11.6 Å². The molecule has 0 saturated heterocycles. The van der Waals surface area contributed by atoms with Gasteiger partial charge >= 0.3 is 0 Å². The van der Waals surface area contributed by atoms with Crippen molar-refractivity contribution in [2.75, 3.05) is 18.4 Å². The van der Waals surface area contributed by atoms with E-state index in [1.807, 2.05) is 37.3 Å². The van der Waals surface area contributed by atoms with E-state index in [0.717, 1.165) is 49.3 Å². The van der Waals surface area contributed by atoms with E-state index in [9.17, 15) is 4.79 Å². The summed E-state index contributed by atoms with van der Waals surface area (Å²) in [5, 5.41) is 11.2. The van der Waals surface area contributed by atoms with Gasteiger partial charge in [-0.05, 0) is 38.0 Å².